The molecule has 25 heavy (non-hydrogen) atoms. The van der Waals surface area contributed by atoms with Gasteiger partial charge in [-0.1, -0.05) is 36.4 Å². The molecule has 0 saturated carbocycles. The van der Waals surface area contributed by atoms with E-state index in [2.05, 4.69) is 57.9 Å². The lowest BCUT2D eigenvalue weighted by molar-refractivity contribution is -0.109. The van der Waals surface area contributed by atoms with Crippen LogP contribution < -0.4 is 5.32 Å². The minimum absolute atomic E-state index is 0.145. The number of fused-ring (bicyclic) bond motifs is 4. The third-order valence-electron chi connectivity index (χ3n) is 5.36. The molecule has 0 bridgehead atoms. The topological polar surface area (TPSA) is 60.7 Å². The summed E-state index contributed by atoms with van der Waals surface area (Å²) < 4.78 is 0. The zero-order valence-electron chi connectivity index (χ0n) is 13.8. The number of H-pyrrole nitrogens is 2. The van der Waals surface area contributed by atoms with Crippen LogP contribution in [-0.2, 0) is 11.2 Å². The molecule has 2 atom stereocenters. The molecule has 4 aromatic rings. The van der Waals surface area contributed by atoms with Crippen molar-refractivity contribution in [3.63, 3.8) is 0 Å². The van der Waals surface area contributed by atoms with E-state index in [9.17, 15) is 4.79 Å². The van der Waals surface area contributed by atoms with E-state index in [0.29, 0.717) is 0 Å². The van der Waals surface area contributed by atoms with Crippen LogP contribution in [0.4, 0.5) is 0 Å². The highest BCUT2D eigenvalue weighted by Crippen LogP contribution is 2.36. The van der Waals surface area contributed by atoms with Gasteiger partial charge < -0.3 is 20.1 Å². The summed E-state index contributed by atoms with van der Waals surface area (Å²) in [5.41, 5.74) is 6.04. The van der Waals surface area contributed by atoms with E-state index in [1.165, 1.54) is 27.6 Å². The second kappa shape index (κ2) is 5.60. The van der Waals surface area contributed by atoms with Crippen LogP contribution in [0, 0.1) is 0 Å². The third-order valence-corrected chi connectivity index (χ3v) is 5.36. The van der Waals surface area contributed by atoms with Crippen LogP contribution in [0.3, 0.4) is 0 Å². The maximum absolute atomic E-state index is 11.5. The van der Waals surface area contributed by atoms with Crippen molar-refractivity contribution in [2.75, 3.05) is 6.54 Å². The van der Waals surface area contributed by atoms with Crippen LogP contribution in [0.1, 0.15) is 22.7 Å². The maximum atomic E-state index is 11.5. The molecule has 0 spiro atoms. The van der Waals surface area contributed by atoms with E-state index in [-0.39, 0.29) is 12.0 Å². The predicted molar refractivity (Wildman–Crippen MR) is 100.0 cm³/mol. The lowest BCUT2D eigenvalue weighted by Gasteiger charge is -2.15. The smallest absolute Gasteiger partial charge is 0.137 e. The Morgan fingerprint density at radius 1 is 0.960 bits per heavy atom. The first-order chi connectivity index (χ1) is 12.3. The number of aromatic nitrogens is 2. The Balaban J connectivity index is 1.74. The van der Waals surface area contributed by atoms with Crippen molar-refractivity contribution in [1.82, 2.24) is 15.3 Å². The van der Waals surface area contributed by atoms with Gasteiger partial charge in [0.15, 0.2) is 0 Å². The molecule has 1 aliphatic rings. The Morgan fingerprint density at radius 2 is 1.72 bits per heavy atom. The van der Waals surface area contributed by atoms with Gasteiger partial charge in [-0.05, 0) is 29.7 Å². The Bertz CT molecular complexity index is 1080. The van der Waals surface area contributed by atoms with Crippen molar-refractivity contribution in [2.45, 2.75) is 18.4 Å². The molecule has 1 aliphatic heterocycles. The van der Waals surface area contributed by atoms with Gasteiger partial charge in [0, 0.05) is 46.2 Å². The predicted octanol–water partition coefficient (Wildman–Crippen LogP) is 3.49. The standard InChI is InChI=1S/C21H19N3O/c25-12-13-9-16-14-5-2-4-8-20(14)24-21(16)18(11-22-13)17-10-23-19-7-3-1-6-15(17)19/h1-8,10,12-13,18,22-24H,9,11H2/t13-,18+/m0/s1. The van der Waals surface area contributed by atoms with E-state index < -0.39 is 0 Å². The second-order valence-electron chi connectivity index (χ2n) is 6.76. The average Bonchev–Trinajstić information content (AvgIpc) is 3.19. The van der Waals surface area contributed by atoms with E-state index in [0.717, 1.165) is 30.3 Å². The number of para-hydroxylation sites is 2. The first-order valence-electron chi connectivity index (χ1n) is 8.69. The average molecular weight is 329 g/mol. The van der Waals surface area contributed by atoms with Crippen LogP contribution in [0.2, 0.25) is 0 Å². The SMILES string of the molecule is O=C[C@@H]1Cc2c([nH]c3ccccc23)[C@@H](c2c[nH]c3ccccc23)CN1. The molecule has 0 saturated heterocycles. The highest BCUT2D eigenvalue weighted by Gasteiger charge is 2.29. The van der Waals surface area contributed by atoms with Crippen molar-refractivity contribution < 1.29 is 4.79 Å². The zero-order valence-corrected chi connectivity index (χ0v) is 13.8. The summed E-state index contributed by atoms with van der Waals surface area (Å²) in [7, 11) is 0. The van der Waals surface area contributed by atoms with Gasteiger partial charge in [-0.25, -0.2) is 0 Å². The van der Waals surface area contributed by atoms with Gasteiger partial charge in [-0.15, -0.1) is 0 Å². The van der Waals surface area contributed by atoms with Gasteiger partial charge in [-0.2, -0.15) is 0 Å². The van der Waals surface area contributed by atoms with Gasteiger partial charge >= 0.3 is 0 Å². The van der Waals surface area contributed by atoms with Gasteiger partial charge in [0.25, 0.3) is 0 Å². The molecule has 124 valence electrons. The van der Waals surface area contributed by atoms with Crippen LogP contribution in [-0.4, -0.2) is 28.8 Å². The fourth-order valence-corrected chi connectivity index (χ4v) is 4.15. The molecular weight excluding hydrogens is 310 g/mol. The number of rotatable bonds is 2. The van der Waals surface area contributed by atoms with Crippen molar-refractivity contribution in [3.05, 3.63) is 71.5 Å². The second-order valence-corrected chi connectivity index (χ2v) is 6.76. The Kier molecular flexibility index (Phi) is 3.25. The minimum atomic E-state index is -0.145. The number of hydrogen-bond acceptors (Lipinski definition) is 2. The zero-order chi connectivity index (χ0) is 16.8. The molecule has 3 N–H and O–H groups in total. The summed E-state index contributed by atoms with van der Waals surface area (Å²) in [6.07, 6.45) is 3.86. The van der Waals surface area contributed by atoms with Crippen molar-refractivity contribution in [3.8, 4) is 0 Å². The molecular formula is C21H19N3O. The first kappa shape index (κ1) is 14.5. The monoisotopic (exact) mass is 329 g/mol. The van der Waals surface area contributed by atoms with Crippen molar-refractivity contribution >= 4 is 28.1 Å². The van der Waals surface area contributed by atoms with Crippen LogP contribution in [0.5, 0.6) is 0 Å². The molecule has 4 heteroatoms. The lowest BCUT2D eigenvalue weighted by Crippen LogP contribution is -2.33. The highest BCUT2D eigenvalue weighted by atomic mass is 16.1. The van der Waals surface area contributed by atoms with Crippen LogP contribution >= 0.6 is 0 Å². The fraction of sp³-hybridized carbons (Fsp3) is 0.190. The number of benzene rings is 2. The summed E-state index contributed by atoms with van der Waals surface area (Å²) >= 11 is 0. The van der Waals surface area contributed by atoms with Crippen molar-refractivity contribution in [1.29, 1.82) is 0 Å². The Hall–Kier alpha value is -2.85. The molecule has 4 nitrogen and oxygen atoms in total. The van der Waals surface area contributed by atoms with E-state index in [4.69, 9.17) is 0 Å². The summed E-state index contributed by atoms with van der Waals surface area (Å²) in [5, 5.41) is 5.89. The lowest BCUT2D eigenvalue weighted by atomic mass is 9.92. The van der Waals surface area contributed by atoms with Crippen LogP contribution in [0.15, 0.2) is 54.7 Å². The molecule has 3 heterocycles. The summed E-state index contributed by atoms with van der Waals surface area (Å²) in [5.74, 6) is 0.184. The van der Waals surface area contributed by atoms with E-state index >= 15 is 0 Å². The Labute approximate surface area is 145 Å². The molecule has 0 radical (unpaired) electrons. The molecule has 0 amide bonds. The summed E-state index contributed by atoms with van der Waals surface area (Å²) in [6.45, 7) is 0.741. The molecule has 0 fully saturated rings. The number of aromatic amines is 2. The quantitative estimate of drug-likeness (QED) is 0.493. The highest BCUT2D eigenvalue weighted by molar-refractivity contribution is 5.88. The molecule has 0 aliphatic carbocycles. The maximum Gasteiger partial charge on any atom is 0.137 e. The van der Waals surface area contributed by atoms with Crippen LogP contribution in [0.25, 0.3) is 21.8 Å². The number of carbonyl (C=O) groups is 1. The van der Waals surface area contributed by atoms with Gasteiger partial charge in [0.1, 0.15) is 6.29 Å². The third kappa shape index (κ3) is 2.22. The van der Waals surface area contributed by atoms with Crippen molar-refractivity contribution in [2.24, 2.45) is 0 Å². The molecule has 5 rings (SSSR count). The molecule has 0 unspecified atom stereocenters. The van der Waals surface area contributed by atoms with E-state index in [1.54, 1.807) is 0 Å². The summed E-state index contributed by atoms with van der Waals surface area (Å²) in [4.78, 5) is 18.5. The number of aldehydes is 1. The molecule has 2 aromatic heterocycles. The number of hydrogen-bond donors (Lipinski definition) is 3. The molecule has 2 aromatic carbocycles. The first-order valence-corrected chi connectivity index (χ1v) is 8.69. The minimum Gasteiger partial charge on any atom is -0.361 e. The number of nitrogens with one attached hydrogen (secondary N) is 3. The normalized spacial score (nSPS) is 20.5. The van der Waals surface area contributed by atoms with E-state index in [1.807, 2.05) is 12.1 Å². The largest absolute Gasteiger partial charge is 0.361 e. The van der Waals surface area contributed by atoms with Gasteiger partial charge in [0.05, 0.1) is 6.04 Å². The van der Waals surface area contributed by atoms with Gasteiger partial charge in [-0.3, -0.25) is 0 Å². The Morgan fingerprint density at radius 3 is 2.56 bits per heavy atom. The fourth-order valence-electron chi connectivity index (χ4n) is 4.15. The van der Waals surface area contributed by atoms with Gasteiger partial charge in [0.2, 0.25) is 0 Å². The summed E-state index contributed by atoms with van der Waals surface area (Å²) in [6, 6.07) is 16.6. The number of carbonyl (C=O) groups excluding carboxylic acids is 1.